The van der Waals surface area contributed by atoms with Crippen LogP contribution in [0.25, 0.3) is 0 Å². The van der Waals surface area contributed by atoms with Gasteiger partial charge in [0.2, 0.25) is 11.8 Å². The fourth-order valence-electron chi connectivity index (χ4n) is 4.70. The van der Waals surface area contributed by atoms with Crippen LogP contribution >= 0.6 is 0 Å². The summed E-state index contributed by atoms with van der Waals surface area (Å²) in [7, 11) is 0. The molecule has 39 heavy (non-hydrogen) atoms. The zero-order chi connectivity index (χ0) is 27.8. The molecule has 3 aromatic rings. The quantitative estimate of drug-likeness (QED) is 0.353. The lowest BCUT2D eigenvalue weighted by Crippen LogP contribution is -2.50. The average Bonchev–Trinajstić information content (AvgIpc) is 3.20. The molecule has 1 heterocycles. The smallest absolute Gasteiger partial charge is 0.261 e. The standard InChI is InChI=1S/C31H32FN3O4/c1-2-18-33-29(37)27(20-22-11-4-3-5-12-22)35(21-23-13-6-9-16-26(23)32)28(36)17-10-19-34-30(38)24-14-7-8-15-25(24)31(34)39/h3-9,11-16,27H,2,10,17-21H2,1H3,(H,33,37)/t27-/m0/s1. The first-order valence-corrected chi connectivity index (χ1v) is 13.2. The Morgan fingerprint density at radius 1 is 0.897 bits per heavy atom. The van der Waals surface area contributed by atoms with Crippen molar-refractivity contribution in [2.24, 2.45) is 0 Å². The summed E-state index contributed by atoms with van der Waals surface area (Å²) in [5, 5.41) is 2.89. The van der Waals surface area contributed by atoms with Crippen LogP contribution in [0, 0.1) is 5.82 Å². The van der Waals surface area contributed by atoms with E-state index in [1.165, 1.54) is 11.0 Å². The van der Waals surface area contributed by atoms with Gasteiger partial charge >= 0.3 is 0 Å². The maximum atomic E-state index is 14.7. The summed E-state index contributed by atoms with van der Waals surface area (Å²) in [4.78, 5) is 55.0. The zero-order valence-corrected chi connectivity index (χ0v) is 21.9. The highest BCUT2D eigenvalue weighted by atomic mass is 19.1. The van der Waals surface area contributed by atoms with Crippen molar-refractivity contribution in [2.45, 2.75) is 45.2 Å². The van der Waals surface area contributed by atoms with Gasteiger partial charge in [-0.05, 0) is 36.6 Å². The molecule has 4 amide bonds. The molecule has 202 valence electrons. The average molecular weight is 530 g/mol. The highest BCUT2D eigenvalue weighted by Gasteiger charge is 2.35. The monoisotopic (exact) mass is 529 g/mol. The summed E-state index contributed by atoms with van der Waals surface area (Å²) in [5.41, 5.74) is 1.87. The number of amides is 4. The molecule has 0 aliphatic carbocycles. The van der Waals surface area contributed by atoms with Crippen LogP contribution in [0.2, 0.25) is 0 Å². The van der Waals surface area contributed by atoms with Crippen LogP contribution in [0.1, 0.15) is 58.0 Å². The van der Waals surface area contributed by atoms with Gasteiger partial charge in [-0.3, -0.25) is 24.1 Å². The van der Waals surface area contributed by atoms with Gasteiger partial charge in [-0.1, -0.05) is 67.6 Å². The van der Waals surface area contributed by atoms with Crippen LogP contribution in [0.4, 0.5) is 4.39 Å². The number of halogens is 1. The minimum Gasteiger partial charge on any atom is -0.354 e. The van der Waals surface area contributed by atoms with Crippen molar-refractivity contribution in [3.05, 3.63) is 107 Å². The van der Waals surface area contributed by atoms with Gasteiger partial charge in [-0.2, -0.15) is 0 Å². The molecule has 1 N–H and O–H groups in total. The molecule has 3 aromatic carbocycles. The SMILES string of the molecule is CCCNC(=O)[C@H](Cc1ccccc1)N(Cc1ccccc1F)C(=O)CCCN1C(=O)c2ccccc2C1=O. The third kappa shape index (κ3) is 6.57. The molecule has 1 aliphatic rings. The number of hydrogen-bond donors (Lipinski definition) is 1. The first-order valence-electron chi connectivity index (χ1n) is 13.2. The van der Waals surface area contributed by atoms with Gasteiger partial charge in [0.1, 0.15) is 11.9 Å². The molecule has 0 radical (unpaired) electrons. The first-order chi connectivity index (χ1) is 18.9. The van der Waals surface area contributed by atoms with E-state index < -0.39 is 11.9 Å². The number of nitrogens with zero attached hydrogens (tertiary/aromatic N) is 2. The van der Waals surface area contributed by atoms with E-state index in [4.69, 9.17) is 0 Å². The van der Waals surface area contributed by atoms with Gasteiger partial charge in [0, 0.05) is 38.0 Å². The summed E-state index contributed by atoms with van der Waals surface area (Å²) in [6.07, 6.45) is 1.18. The highest BCUT2D eigenvalue weighted by molar-refractivity contribution is 6.21. The number of carbonyl (C=O) groups is 4. The van der Waals surface area contributed by atoms with Crippen molar-refractivity contribution in [2.75, 3.05) is 13.1 Å². The van der Waals surface area contributed by atoms with Crippen LogP contribution in [-0.2, 0) is 22.6 Å². The Balaban J connectivity index is 1.54. The predicted molar refractivity (Wildman–Crippen MR) is 145 cm³/mol. The zero-order valence-electron chi connectivity index (χ0n) is 21.9. The molecule has 0 fully saturated rings. The van der Waals surface area contributed by atoms with Crippen molar-refractivity contribution >= 4 is 23.6 Å². The fraction of sp³-hybridized carbons (Fsp3) is 0.290. The van der Waals surface area contributed by atoms with E-state index in [2.05, 4.69) is 5.32 Å². The van der Waals surface area contributed by atoms with Crippen molar-refractivity contribution in [1.29, 1.82) is 0 Å². The number of hydrogen-bond acceptors (Lipinski definition) is 4. The van der Waals surface area contributed by atoms with Crippen LogP contribution in [0.5, 0.6) is 0 Å². The Hall–Kier alpha value is -4.33. The highest BCUT2D eigenvalue weighted by Crippen LogP contribution is 2.23. The molecule has 7 nitrogen and oxygen atoms in total. The molecule has 0 bridgehead atoms. The molecule has 0 aromatic heterocycles. The Morgan fingerprint density at radius 2 is 1.51 bits per heavy atom. The Bertz CT molecular complexity index is 1310. The maximum Gasteiger partial charge on any atom is 0.261 e. The number of imide groups is 1. The van der Waals surface area contributed by atoms with Gasteiger partial charge in [-0.15, -0.1) is 0 Å². The third-order valence-electron chi connectivity index (χ3n) is 6.77. The minimum absolute atomic E-state index is 0.0196. The predicted octanol–water partition coefficient (Wildman–Crippen LogP) is 4.37. The maximum absolute atomic E-state index is 14.7. The molecule has 0 spiro atoms. The Kier molecular flexibility index (Phi) is 9.20. The summed E-state index contributed by atoms with van der Waals surface area (Å²) in [6, 6.07) is 21.3. The molecule has 0 unspecified atom stereocenters. The van der Waals surface area contributed by atoms with E-state index in [-0.39, 0.29) is 56.0 Å². The van der Waals surface area contributed by atoms with E-state index in [1.54, 1.807) is 42.5 Å². The van der Waals surface area contributed by atoms with E-state index in [9.17, 15) is 23.6 Å². The molecule has 0 saturated carbocycles. The summed E-state index contributed by atoms with van der Waals surface area (Å²) < 4.78 is 14.7. The van der Waals surface area contributed by atoms with Crippen molar-refractivity contribution < 1.29 is 23.6 Å². The van der Waals surface area contributed by atoms with Crippen LogP contribution in [0.3, 0.4) is 0 Å². The molecule has 4 rings (SSSR count). The number of benzene rings is 3. The van der Waals surface area contributed by atoms with Crippen molar-refractivity contribution in [1.82, 2.24) is 15.1 Å². The fourth-order valence-corrected chi connectivity index (χ4v) is 4.70. The molecular formula is C31H32FN3O4. The van der Waals surface area contributed by atoms with Crippen LogP contribution in [-0.4, -0.2) is 52.6 Å². The Morgan fingerprint density at radius 3 is 2.15 bits per heavy atom. The number of nitrogens with one attached hydrogen (secondary N) is 1. The van der Waals surface area contributed by atoms with E-state index in [0.29, 0.717) is 23.2 Å². The summed E-state index contributed by atoms with van der Waals surface area (Å²) >= 11 is 0. The minimum atomic E-state index is -0.870. The second-order valence-electron chi connectivity index (χ2n) is 9.52. The number of carbonyl (C=O) groups excluding carboxylic acids is 4. The normalized spacial score (nSPS) is 13.2. The van der Waals surface area contributed by atoms with Crippen LogP contribution < -0.4 is 5.32 Å². The molecule has 1 aliphatic heterocycles. The molecule has 8 heteroatoms. The van der Waals surface area contributed by atoms with Gasteiger partial charge in [0.05, 0.1) is 11.1 Å². The van der Waals surface area contributed by atoms with Crippen LogP contribution in [0.15, 0.2) is 78.9 Å². The lowest BCUT2D eigenvalue weighted by Gasteiger charge is -2.32. The van der Waals surface area contributed by atoms with E-state index in [0.717, 1.165) is 16.9 Å². The topological polar surface area (TPSA) is 86.8 Å². The largest absolute Gasteiger partial charge is 0.354 e. The number of fused-ring (bicyclic) bond motifs is 1. The van der Waals surface area contributed by atoms with E-state index >= 15 is 0 Å². The third-order valence-corrected chi connectivity index (χ3v) is 6.77. The molecule has 0 saturated heterocycles. The van der Waals surface area contributed by atoms with Gasteiger partial charge in [0.25, 0.3) is 11.8 Å². The first kappa shape index (κ1) is 27.7. The second kappa shape index (κ2) is 13.0. The summed E-state index contributed by atoms with van der Waals surface area (Å²) in [5.74, 6) is -1.90. The second-order valence-corrected chi connectivity index (χ2v) is 9.52. The summed E-state index contributed by atoms with van der Waals surface area (Å²) in [6.45, 7) is 2.37. The molecule has 1 atom stereocenters. The van der Waals surface area contributed by atoms with Gasteiger partial charge in [-0.25, -0.2) is 4.39 Å². The van der Waals surface area contributed by atoms with Gasteiger partial charge in [0.15, 0.2) is 0 Å². The molecular weight excluding hydrogens is 497 g/mol. The lowest BCUT2D eigenvalue weighted by molar-refractivity contribution is -0.141. The van der Waals surface area contributed by atoms with Gasteiger partial charge < -0.3 is 10.2 Å². The van der Waals surface area contributed by atoms with E-state index in [1.807, 2.05) is 37.3 Å². The number of rotatable bonds is 12. The van der Waals surface area contributed by atoms with Crippen molar-refractivity contribution in [3.63, 3.8) is 0 Å². The Labute approximate surface area is 227 Å². The lowest BCUT2D eigenvalue weighted by atomic mass is 10.0. The van der Waals surface area contributed by atoms with Crippen molar-refractivity contribution in [3.8, 4) is 0 Å².